The Morgan fingerprint density at radius 1 is 1.35 bits per heavy atom. The van der Waals surface area contributed by atoms with E-state index in [1.165, 1.54) is 10.1 Å². The summed E-state index contributed by atoms with van der Waals surface area (Å²) in [4.78, 5) is 31.8. The average Bonchev–Trinajstić information content (AvgIpc) is 3.07. The Balaban J connectivity index is 1.58. The molecule has 1 amide bonds. The maximum absolute atomic E-state index is 12.7. The Morgan fingerprint density at radius 2 is 2.15 bits per heavy atom. The van der Waals surface area contributed by atoms with Crippen LogP contribution in [0.1, 0.15) is 28.4 Å². The van der Waals surface area contributed by atoms with Crippen LogP contribution in [0.2, 0.25) is 0 Å². The highest BCUT2D eigenvalue weighted by molar-refractivity contribution is 5.79. The number of H-pyrrole nitrogens is 1. The summed E-state index contributed by atoms with van der Waals surface area (Å²) in [6.45, 7) is 3.38. The number of benzene rings is 1. The summed E-state index contributed by atoms with van der Waals surface area (Å²) in [5, 5.41) is 5.92. The molecule has 7 heteroatoms. The smallest absolute Gasteiger partial charge is 0.276 e. The zero-order chi connectivity index (χ0) is 18.3. The molecular weight excluding hydrogens is 330 g/mol. The molecule has 134 valence electrons. The van der Waals surface area contributed by atoms with Crippen LogP contribution in [0, 0.1) is 6.92 Å². The minimum absolute atomic E-state index is 0.0159. The third kappa shape index (κ3) is 2.90. The van der Waals surface area contributed by atoms with Crippen molar-refractivity contribution in [1.29, 1.82) is 0 Å². The van der Waals surface area contributed by atoms with Crippen molar-refractivity contribution >= 4 is 11.6 Å². The monoisotopic (exact) mass is 351 g/mol. The molecule has 2 aromatic heterocycles. The summed E-state index contributed by atoms with van der Waals surface area (Å²) in [6.07, 6.45) is 1.67. The fourth-order valence-corrected chi connectivity index (χ4v) is 3.62. The molecule has 2 N–H and O–H groups in total. The molecule has 3 heterocycles. The highest BCUT2D eigenvalue weighted by Gasteiger charge is 2.25. The molecule has 0 fully saturated rings. The lowest BCUT2D eigenvalue weighted by Crippen LogP contribution is -2.41. The predicted molar refractivity (Wildman–Crippen MR) is 97.9 cm³/mol. The summed E-state index contributed by atoms with van der Waals surface area (Å²) >= 11 is 0. The average molecular weight is 351 g/mol. The van der Waals surface area contributed by atoms with Gasteiger partial charge in [-0.25, -0.2) is 9.50 Å². The lowest BCUT2D eigenvalue weighted by atomic mass is 9.95. The Bertz CT molecular complexity index is 1040. The third-order valence-corrected chi connectivity index (χ3v) is 4.88. The van der Waals surface area contributed by atoms with Crippen molar-refractivity contribution in [2.45, 2.75) is 25.9 Å². The summed E-state index contributed by atoms with van der Waals surface area (Å²) in [7, 11) is 2.04. The number of carbonyl (C=O) groups is 1. The number of amides is 1. The SMILES string of the molecule is Cc1nc2cc[nH]n2c(=O)c1CC(=O)NC1CN(C)Cc2ccccc21. The number of likely N-dealkylation sites (N-methyl/N-ethyl adjacent to an activating group) is 1. The second kappa shape index (κ2) is 6.42. The molecule has 1 atom stereocenters. The molecule has 3 aromatic rings. The van der Waals surface area contributed by atoms with Crippen molar-refractivity contribution in [2.75, 3.05) is 13.6 Å². The maximum Gasteiger partial charge on any atom is 0.276 e. The van der Waals surface area contributed by atoms with Crippen molar-refractivity contribution < 1.29 is 4.79 Å². The zero-order valence-electron chi connectivity index (χ0n) is 14.8. The number of aromatic nitrogens is 3. The second-order valence-electron chi connectivity index (χ2n) is 6.83. The molecule has 0 aliphatic carbocycles. The molecule has 1 aliphatic heterocycles. The highest BCUT2D eigenvalue weighted by atomic mass is 16.2. The van der Waals surface area contributed by atoms with Gasteiger partial charge in [-0.3, -0.25) is 19.6 Å². The molecule has 26 heavy (non-hydrogen) atoms. The highest BCUT2D eigenvalue weighted by Crippen LogP contribution is 2.25. The van der Waals surface area contributed by atoms with Crippen LogP contribution in [0.5, 0.6) is 0 Å². The van der Waals surface area contributed by atoms with Crippen molar-refractivity contribution in [3.63, 3.8) is 0 Å². The van der Waals surface area contributed by atoms with E-state index in [1.54, 1.807) is 19.2 Å². The first kappa shape index (κ1) is 16.5. The molecule has 7 nitrogen and oxygen atoms in total. The molecule has 0 bridgehead atoms. The van der Waals surface area contributed by atoms with E-state index >= 15 is 0 Å². The quantitative estimate of drug-likeness (QED) is 0.742. The zero-order valence-corrected chi connectivity index (χ0v) is 14.8. The third-order valence-electron chi connectivity index (χ3n) is 4.88. The fraction of sp³-hybridized carbons (Fsp3) is 0.316. The van der Waals surface area contributed by atoms with Gasteiger partial charge in [0.15, 0.2) is 5.65 Å². The predicted octanol–water partition coefficient (Wildman–Crippen LogP) is 1.18. The van der Waals surface area contributed by atoms with Crippen LogP contribution in [-0.4, -0.2) is 39.0 Å². The lowest BCUT2D eigenvalue weighted by molar-refractivity contribution is -0.121. The van der Waals surface area contributed by atoms with Crippen molar-refractivity contribution in [3.8, 4) is 0 Å². The number of aromatic amines is 1. The standard InChI is InChI=1S/C19H21N5O2/c1-12-15(19(26)24-17(21-12)7-8-20-24)9-18(25)22-16-11-23(2)10-13-5-3-4-6-14(13)16/h3-8,16,20H,9-11H2,1-2H3,(H,22,25). The van der Waals surface area contributed by atoms with E-state index in [2.05, 4.69) is 32.4 Å². The van der Waals surface area contributed by atoms with Gasteiger partial charge < -0.3 is 5.32 Å². The normalized spacial score (nSPS) is 17.2. The van der Waals surface area contributed by atoms with Gasteiger partial charge in [0.1, 0.15) is 0 Å². The summed E-state index contributed by atoms with van der Waals surface area (Å²) < 4.78 is 1.36. The van der Waals surface area contributed by atoms with Gasteiger partial charge in [-0.1, -0.05) is 24.3 Å². The second-order valence-corrected chi connectivity index (χ2v) is 6.83. The maximum atomic E-state index is 12.7. The van der Waals surface area contributed by atoms with Crippen molar-refractivity contribution in [3.05, 3.63) is 69.3 Å². The van der Waals surface area contributed by atoms with Crippen LogP contribution in [0.3, 0.4) is 0 Å². The van der Waals surface area contributed by atoms with Gasteiger partial charge in [0, 0.05) is 36.6 Å². The van der Waals surface area contributed by atoms with Gasteiger partial charge in [0.2, 0.25) is 5.91 Å². The first-order chi connectivity index (χ1) is 12.5. The van der Waals surface area contributed by atoms with Gasteiger partial charge >= 0.3 is 0 Å². The topological polar surface area (TPSA) is 82.5 Å². The van der Waals surface area contributed by atoms with Gasteiger partial charge in [-0.15, -0.1) is 0 Å². The molecule has 0 radical (unpaired) electrons. The number of hydrogen-bond donors (Lipinski definition) is 2. The molecule has 0 saturated carbocycles. The van der Waals surface area contributed by atoms with Crippen LogP contribution in [0.25, 0.3) is 5.65 Å². The Morgan fingerprint density at radius 3 is 3.00 bits per heavy atom. The molecule has 0 spiro atoms. The van der Waals surface area contributed by atoms with Crippen LogP contribution in [0.4, 0.5) is 0 Å². The Labute approximate surface area is 150 Å². The number of rotatable bonds is 3. The van der Waals surface area contributed by atoms with Crippen LogP contribution < -0.4 is 10.9 Å². The number of nitrogens with one attached hydrogen (secondary N) is 2. The van der Waals surface area contributed by atoms with E-state index in [9.17, 15) is 9.59 Å². The van der Waals surface area contributed by atoms with Crippen LogP contribution >= 0.6 is 0 Å². The first-order valence-electron chi connectivity index (χ1n) is 8.64. The number of nitrogens with zero attached hydrogens (tertiary/aromatic N) is 3. The number of carbonyl (C=O) groups excluding carboxylic acids is 1. The largest absolute Gasteiger partial charge is 0.348 e. The molecule has 0 saturated heterocycles. The molecular formula is C19H21N5O2. The summed E-state index contributed by atoms with van der Waals surface area (Å²) in [6, 6.07) is 9.79. The van der Waals surface area contributed by atoms with Gasteiger partial charge in [0.25, 0.3) is 5.56 Å². The van der Waals surface area contributed by atoms with Gasteiger partial charge in [-0.2, -0.15) is 0 Å². The van der Waals surface area contributed by atoms with Crippen molar-refractivity contribution in [1.82, 2.24) is 24.8 Å². The van der Waals surface area contributed by atoms with E-state index in [1.807, 2.05) is 19.2 Å². The Hall–Kier alpha value is -2.93. The lowest BCUT2D eigenvalue weighted by Gasteiger charge is -2.32. The van der Waals surface area contributed by atoms with E-state index in [0.717, 1.165) is 18.7 Å². The minimum atomic E-state index is -0.228. The van der Waals surface area contributed by atoms with Gasteiger partial charge in [0.05, 0.1) is 12.5 Å². The first-order valence-corrected chi connectivity index (χ1v) is 8.64. The number of fused-ring (bicyclic) bond motifs is 2. The number of hydrogen-bond acceptors (Lipinski definition) is 4. The Kier molecular flexibility index (Phi) is 4.08. The van der Waals surface area contributed by atoms with E-state index in [-0.39, 0.29) is 23.9 Å². The molecule has 1 unspecified atom stereocenters. The summed E-state index contributed by atoms with van der Waals surface area (Å²) in [5.41, 5.74) is 3.70. The summed E-state index contributed by atoms with van der Waals surface area (Å²) in [5.74, 6) is -0.173. The van der Waals surface area contributed by atoms with Crippen LogP contribution in [-0.2, 0) is 17.8 Å². The van der Waals surface area contributed by atoms with E-state index < -0.39 is 0 Å². The van der Waals surface area contributed by atoms with E-state index in [0.29, 0.717) is 16.9 Å². The number of aryl methyl sites for hydroxylation is 1. The van der Waals surface area contributed by atoms with Gasteiger partial charge in [-0.05, 0) is 25.1 Å². The van der Waals surface area contributed by atoms with E-state index in [4.69, 9.17) is 0 Å². The minimum Gasteiger partial charge on any atom is -0.348 e. The molecule has 1 aliphatic rings. The molecule has 4 rings (SSSR count). The van der Waals surface area contributed by atoms with Crippen LogP contribution in [0.15, 0.2) is 41.3 Å². The molecule has 1 aromatic carbocycles. The fourth-order valence-electron chi connectivity index (χ4n) is 3.62. The van der Waals surface area contributed by atoms with Crippen molar-refractivity contribution in [2.24, 2.45) is 0 Å².